The molecule has 0 fully saturated rings. The zero-order valence-corrected chi connectivity index (χ0v) is 18.9. The van der Waals surface area contributed by atoms with Gasteiger partial charge in [-0.1, -0.05) is 0 Å². The molecule has 0 atom stereocenters. The van der Waals surface area contributed by atoms with Crippen molar-refractivity contribution in [3.8, 4) is 5.88 Å². The molecule has 0 aliphatic heterocycles. The van der Waals surface area contributed by atoms with Crippen LogP contribution in [0.3, 0.4) is 0 Å². The van der Waals surface area contributed by atoms with E-state index in [4.69, 9.17) is 9.47 Å². The monoisotopic (exact) mass is 430 g/mol. The molecular weight excluding hydrogens is 404 g/mol. The molecule has 30 heavy (non-hydrogen) atoms. The lowest BCUT2D eigenvalue weighted by molar-refractivity contribution is -0.116. The van der Waals surface area contributed by atoms with Gasteiger partial charge in [-0.05, 0) is 56.9 Å². The number of nitrogens with zero attached hydrogens (tertiary/aromatic N) is 3. The number of ether oxygens (including phenoxy) is 2. The van der Waals surface area contributed by atoms with Crippen LogP contribution in [0.2, 0.25) is 0 Å². The second-order valence-electron chi connectivity index (χ2n) is 7.02. The van der Waals surface area contributed by atoms with E-state index in [1.807, 2.05) is 27.8 Å². The molecule has 0 spiro atoms. The zero-order chi connectivity index (χ0) is 22.0. The summed E-state index contributed by atoms with van der Waals surface area (Å²) in [6.45, 7) is 7.85. The second-order valence-corrected chi connectivity index (χ2v) is 8.08. The number of carbonyl (C=O) groups excluding carboxylic acids is 2. The number of methoxy groups -OCH3 is 1. The number of hydrogen-bond donors (Lipinski definition) is 1. The Morgan fingerprint density at radius 2 is 2.00 bits per heavy atom. The van der Waals surface area contributed by atoms with Gasteiger partial charge in [-0.15, -0.1) is 16.4 Å². The first-order valence-electron chi connectivity index (χ1n) is 9.70. The molecule has 3 rings (SSSR count). The van der Waals surface area contributed by atoms with Crippen LogP contribution in [0.1, 0.15) is 45.4 Å². The fourth-order valence-electron chi connectivity index (χ4n) is 3.49. The second kappa shape index (κ2) is 8.83. The molecule has 3 aromatic heterocycles. The molecule has 0 bridgehead atoms. The van der Waals surface area contributed by atoms with Crippen molar-refractivity contribution >= 4 is 39.2 Å². The minimum Gasteiger partial charge on any atom is -0.479 e. The standard InChI is InChI=1S/C21H26N4O4S/c1-7-29-21(27)18-11(2)10-16(30-18)23-15(26)9-8-14-12(3)17-19(22-13(14)4)25(5)24-20(17)28-6/h10H,7-9H2,1-6H3,(H,23,26). The summed E-state index contributed by atoms with van der Waals surface area (Å²) < 4.78 is 12.1. The average Bonchev–Trinajstić information content (AvgIpc) is 3.21. The SMILES string of the molecule is CCOC(=O)c1sc(NC(=O)CCc2c(C)nc3c(c(OC)nn3C)c2C)cc1C. The molecule has 0 unspecified atom stereocenters. The number of aryl methyl sites for hydroxylation is 4. The number of pyridine rings is 1. The van der Waals surface area contributed by atoms with E-state index in [-0.39, 0.29) is 11.9 Å². The number of hydrogen-bond acceptors (Lipinski definition) is 7. The third-order valence-electron chi connectivity index (χ3n) is 4.96. The van der Waals surface area contributed by atoms with E-state index in [2.05, 4.69) is 15.4 Å². The normalized spacial score (nSPS) is 11.0. The lowest BCUT2D eigenvalue weighted by Crippen LogP contribution is -2.12. The van der Waals surface area contributed by atoms with E-state index in [1.165, 1.54) is 11.3 Å². The Balaban J connectivity index is 1.74. The quantitative estimate of drug-likeness (QED) is 0.574. The molecule has 3 aromatic rings. The molecule has 0 radical (unpaired) electrons. The zero-order valence-electron chi connectivity index (χ0n) is 18.1. The molecule has 0 aliphatic carbocycles. The number of thiophene rings is 1. The Hall–Kier alpha value is -2.94. The summed E-state index contributed by atoms with van der Waals surface area (Å²) in [5.41, 5.74) is 4.45. The Bertz CT molecular complexity index is 1120. The van der Waals surface area contributed by atoms with E-state index in [9.17, 15) is 9.59 Å². The van der Waals surface area contributed by atoms with Gasteiger partial charge in [0.25, 0.3) is 0 Å². The highest BCUT2D eigenvalue weighted by Gasteiger charge is 2.19. The van der Waals surface area contributed by atoms with Crippen molar-refractivity contribution < 1.29 is 19.1 Å². The summed E-state index contributed by atoms with van der Waals surface area (Å²) in [4.78, 5) is 29.7. The van der Waals surface area contributed by atoms with Crippen molar-refractivity contribution in [1.29, 1.82) is 0 Å². The third-order valence-corrected chi connectivity index (χ3v) is 6.09. The first-order valence-corrected chi connectivity index (χ1v) is 10.5. The Morgan fingerprint density at radius 1 is 1.27 bits per heavy atom. The summed E-state index contributed by atoms with van der Waals surface area (Å²) in [5.74, 6) is 0.0454. The van der Waals surface area contributed by atoms with Crippen LogP contribution in [0.25, 0.3) is 11.0 Å². The van der Waals surface area contributed by atoms with Gasteiger partial charge in [0, 0.05) is 19.2 Å². The van der Waals surface area contributed by atoms with E-state index in [0.29, 0.717) is 35.2 Å². The van der Waals surface area contributed by atoms with Gasteiger partial charge < -0.3 is 14.8 Å². The molecule has 8 nitrogen and oxygen atoms in total. The Morgan fingerprint density at radius 3 is 2.67 bits per heavy atom. The van der Waals surface area contributed by atoms with Crippen LogP contribution in [0.5, 0.6) is 5.88 Å². The van der Waals surface area contributed by atoms with Gasteiger partial charge in [0.2, 0.25) is 11.8 Å². The van der Waals surface area contributed by atoms with Crippen LogP contribution in [-0.4, -0.2) is 40.4 Å². The molecule has 0 aliphatic rings. The molecule has 1 N–H and O–H groups in total. The Labute approximate surface area is 179 Å². The first-order chi connectivity index (χ1) is 14.3. The molecule has 3 heterocycles. The highest BCUT2D eigenvalue weighted by molar-refractivity contribution is 7.18. The highest BCUT2D eigenvalue weighted by atomic mass is 32.1. The van der Waals surface area contributed by atoms with Gasteiger partial charge in [-0.3, -0.25) is 4.79 Å². The van der Waals surface area contributed by atoms with E-state index >= 15 is 0 Å². The van der Waals surface area contributed by atoms with E-state index < -0.39 is 0 Å². The van der Waals surface area contributed by atoms with Crippen molar-refractivity contribution in [1.82, 2.24) is 14.8 Å². The summed E-state index contributed by atoms with van der Waals surface area (Å²) >= 11 is 1.23. The fraction of sp³-hybridized carbons (Fsp3) is 0.429. The smallest absolute Gasteiger partial charge is 0.348 e. The summed E-state index contributed by atoms with van der Waals surface area (Å²) in [6.07, 6.45) is 0.836. The molecule has 1 amide bonds. The summed E-state index contributed by atoms with van der Waals surface area (Å²) in [7, 11) is 3.42. The van der Waals surface area contributed by atoms with Gasteiger partial charge in [0.15, 0.2) is 5.65 Å². The predicted octanol–water partition coefficient (Wildman–Crippen LogP) is 3.71. The minimum absolute atomic E-state index is 0.122. The van der Waals surface area contributed by atoms with Gasteiger partial charge in [0.1, 0.15) is 4.88 Å². The van der Waals surface area contributed by atoms with Gasteiger partial charge in [-0.25, -0.2) is 14.5 Å². The maximum atomic E-state index is 12.5. The number of carbonyl (C=O) groups is 2. The van der Waals surface area contributed by atoms with Crippen LogP contribution in [0, 0.1) is 20.8 Å². The third kappa shape index (κ3) is 4.16. The summed E-state index contributed by atoms with van der Waals surface area (Å²) in [5, 5.41) is 8.74. The van der Waals surface area contributed by atoms with Crippen LogP contribution in [0.15, 0.2) is 6.07 Å². The van der Waals surface area contributed by atoms with Crippen molar-refractivity contribution in [2.24, 2.45) is 7.05 Å². The van der Waals surface area contributed by atoms with Crippen LogP contribution >= 0.6 is 11.3 Å². The maximum Gasteiger partial charge on any atom is 0.348 e. The number of esters is 1. The first kappa shape index (κ1) is 21.8. The molecule has 0 aromatic carbocycles. The summed E-state index contributed by atoms with van der Waals surface area (Å²) in [6, 6.07) is 1.79. The lowest BCUT2D eigenvalue weighted by Gasteiger charge is -2.11. The molecule has 9 heteroatoms. The highest BCUT2D eigenvalue weighted by Crippen LogP contribution is 2.31. The topological polar surface area (TPSA) is 95.3 Å². The molecular formula is C21H26N4O4S. The van der Waals surface area contributed by atoms with Crippen LogP contribution < -0.4 is 10.1 Å². The maximum absolute atomic E-state index is 12.5. The largest absolute Gasteiger partial charge is 0.479 e. The molecule has 160 valence electrons. The van der Waals surface area contributed by atoms with Gasteiger partial charge in [0.05, 0.1) is 24.1 Å². The van der Waals surface area contributed by atoms with Crippen molar-refractivity contribution in [3.63, 3.8) is 0 Å². The molecule has 0 saturated heterocycles. The number of aromatic nitrogens is 3. The van der Waals surface area contributed by atoms with Gasteiger partial charge >= 0.3 is 5.97 Å². The lowest BCUT2D eigenvalue weighted by atomic mass is 10.00. The van der Waals surface area contributed by atoms with E-state index in [1.54, 1.807) is 24.8 Å². The van der Waals surface area contributed by atoms with E-state index in [0.717, 1.165) is 33.4 Å². The van der Waals surface area contributed by atoms with Crippen LogP contribution in [-0.2, 0) is 23.0 Å². The Kier molecular flexibility index (Phi) is 6.40. The number of anilines is 1. The average molecular weight is 431 g/mol. The predicted molar refractivity (Wildman–Crippen MR) is 116 cm³/mol. The minimum atomic E-state index is -0.364. The fourth-order valence-corrected chi connectivity index (χ4v) is 4.47. The van der Waals surface area contributed by atoms with Gasteiger partial charge in [-0.2, -0.15) is 0 Å². The van der Waals surface area contributed by atoms with Crippen LogP contribution in [0.4, 0.5) is 5.00 Å². The molecule has 0 saturated carbocycles. The van der Waals surface area contributed by atoms with Crippen molar-refractivity contribution in [3.05, 3.63) is 33.3 Å². The number of rotatable bonds is 7. The van der Waals surface area contributed by atoms with Crippen molar-refractivity contribution in [2.45, 2.75) is 40.5 Å². The number of amides is 1. The number of fused-ring (bicyclic) bond motifs is 1. The van der Waals surface area contributed by atoms with Crippen molar-refractivity contribution in [2.75, 3.05) is 19.0 Å². The number of nitrogens with one attached hydrogen (secondary N) is 1.